The van der Waals surface area contributed by atoms with Gasteiger partial charge in [0.1, 0.15) is 17.4 Å². The van der Waals surface area contributed by atoms with Gasteiger partial charge in [0.2, 0.25) is 0 Å². The van der Waals surface area contributed by atoms with E-state index in [2.05, 4.69) is 0 Å². The molecule has 0 radical (unpaired) electrons. The number of ether oxygens (including phenoxy) is 1. The Morgan fingerprint density at radius 3 is 2.61 bits per heavy atom. The van der Waals surface area contributed by atoms with Crippen LogP contribution in [-0.2, 0) is 4.74 Å². The molecule has 0 unspecified atom stereocenters. The van der Waals surface area contributed by atoms with E-state index in [0.717, 1.165) is 0 Å². The number of benzene rings is 2. The highest BCUT2D eigenvalue weighted by Gasteiger charge is 2.09. The molecule has 0 atom stereocenters. The second kappa shape index (κ2) is 6.16. The predicted molar refractivity (Wildman–Crippen MR) is 83.8 cm³/mol. The molecule has 0 saturated carbocycles. The van der Waals surface area contributed by atoms with Gasteiger partial charge in [0.05, 0.1) is 10.9 Å². The predicted octanol–water partition coefficient (Wildman–Crippen LogP) is 3.14. The number of carbonyl (C=O) groups excluding carboxylic acids is 1. The molecular formula is C18H11NO4. The summed E-state index contributed by atoms with van der Waals surface area (Å²) in [6, 6.07) is 16.6. The minimum Gasteiger partial charge on any atom is -0.456 e. The average Bonchev–Trinajstić information content (AvgIpc) is 2.60. The lowest BCUT2D eigenvalue weighted by atomic mass is 10.1. The smallest absolute Gasteiger partial charge is 0.339 e. The van der Waals surface area contributed by atoms with Gasteiger partial charge >= 0.3 is 5.97 Å². The maximum absolute atomic E-state index is 12.1. The summed E-state index contributed by atoms with van der Waals surface area (Å²) in [5, 5.41) is 8.92. The van der Waals surface area contributed by atoms with Crippen molar-refractivity contribution in [3.05, 3.63) is 70.4 Å². The van der Waals surface area contributed by atoms with Crippen molar-refractivity contribution < 1.29 is 13.9 Å². The van der Waals surface area contributed by atoms with Crippen LogP contribution in [0.3, 0.4) is 0 Å². The Morgan fingerprint density at radius 1 is 1.13 bits per heavy atom. The zero-order valence-electron chi connectivity index (χ0n) is 12.0. The number of para-hydroxylation sites is 1. The van der Waals surface area contributed by atoms with Crippen LogP contribution in [0.1, 0.15) is 10.4 Å². The van der Waals surface area contributed by atoms with Crippen LogP contribution in [0.2, 0.25) is 0 Å². The van der Waals surface area contributed by atoms with E-state index in [9.17, 15) is 9.59 Å². The van der Waals surface area contributed by atoms with Crippen molar-refractivity contribution >= 4 is 16.9 Å². The number of esters is 1. The van der Waals surface area contributed by atoms with E-state index in [-0.39, 0.29) is 12.0 Å². The van der Waals surface area contributed by atoms with Crippen LogP contribution in [-0.4, -0.2) is 12.6 Å². The summed E-state index contributed by atoms with van der Waals surface area (Å²) in [5.74, 6) is -0.149. The Morgan fingerprint density at radius 2 is 1.87 bits per heavy atom. The molecule has 0 aliphatic carbocycles. The van der Waals surface area contributed by atoms with Crippen LogP contribution >= 0.6 is 0 Å². The van der Waals surface area contributed by atoms with Gasteiger partial charge in [-0.2, -0.15) is 5.26 Å². The van der Waals surface area contributed by atoms with E-state index in [1.54, 1.807) is 54.6 Å². The van der Waals surface area contributed by atoms with E-state index in [1.165, 1.54) is 6.07 Å². The summed E-state index contributed by atoms with van der Waals surface area (Å²) >= 11 is 0. The van der Waals surface area contributed by atoms with Gasteiger partial charge in [-0.15, -0.1) is 0 Å². The molecule has 23 heavy (non-hydrogen) atoms. The van der Waals surface area contributed by atoms with Crippen molar-refractivity contribution in [1.82, 2.24) is 0 Å². The first-order valence-electron chi connectivity index (χ1n) is 6.86. The third kappa shape index (κ3) is 2.97. The fourth-order valence-corrected chi connectivity index (χ4v) is 2.20. The molecule has 5 nitrogen and oxygen atoms in total. The maximum atomic E-state index is 12.1. The molecule has 0 fully saturated rings. The fraction of sp³-hybridized carbons (Fsp3) is 0.0556. The van der Waals surface area contributed by atoms with E-state index in [1.807, 2.05) is 0 Å². The van der Waals surface area contributed by atoms with Gasteiger partial charge in [0.15, 0.2) is 12.0 Å². The SMILES string of the molecule is N#CCOC(=O)c1ccc(-c2cc(=O)c3ccccc3o2)cc1. The minimum absolute atomic E-state index is 0.126. The lowest BCUT2D eigenvalue weighted by Gasteiger charge is -2.04. The number of nitriles is 1. The normalized spacial score (nSPS) is 10.2. The summed E-state index contributed by atoms with van der Waals surface area (Å²) in [7, 11) is 0. The van der Waals surface area contributed by atoms with Gasteiger partial charge in [0, 0.05) is 11.6 Å². The summed E-state index contributed by atoms with van der Waals surface area (Å²) in [4.78, 5) is 23.7. The van der Waals surface area contributed by atoms with Crippen molar-refractivity contribution in [3.8, 4) is 17.4 Å². The highest BCUT2D eigenvalue weighted by molar-refractivity contribution is 5.90. The first kappa shape index (κ1) is 14.5. The summed E-state index contributed by atoms with van der Waals surface area (Å²) in [6.07, 6.45) is 0. The van der Waals surface area contributed by atoms with Gasteiger partial charge in [-0.1, -0.05) is 24.3 Å². The monoisotopic (exact) mass is 305 g/mol. The van der Waals surface area contributed by atoms with Crippen LogP contribution in [0.15, 0.2) is 63.8 Å². The van der Waals surface area contributed by atoms with Crippen LogP contribution in [0.4, 0.5) is 0 Å². The maximum Gasteiger partial charge on any atom is 0.339 e. The first-order chi connectivity index (χ1) is 11.2. The minimum atomic E-state index is -0.571. The molecule has 1 heterocycles. The third-order valence-corrected chi connectivity index (χ3v) is 3.31. The quantitative estimate of drug-likeness (QED) is 0.694. The van der Waals surface area contributed by atoms with Crippen molar-refractivity contribution in [2.24, 2.45) is 0 Å². The Kier molecular flexibility index (Phi) is 3.89. The summed E-state index contributed by atoms with van der Waals surface area (Å²) in [5.41, 5.74) is 1.38. The number of rotatable bonds is 3. The molecule has 0 spiro atoms. The van der Waals surface area contributed by atoms with Crippen LogP contribution in [0.25, 0.3) is 22.3 Å². The average molecular weight is 305 g/mol. The molecule has 1 aromatic heterocycles. The Bertz CT molecular complexity index is 965. The van der Waals surface area contributed by atoms with E-state index < -0.39 is 5.97 Å². The molecule has 0 N–H and O–H groups in total. The molecule has 0 aliphatic rings. The van der Waals surface area contributed by atoms with Gasteiger partial charge in [0.25, 0.3) is 0 Å². The molecule has 5 heteroatoms. The fourth-order valence-electron chi connectivity index (χ4n) is 2.20. The van der Waals surface area contributed by atoms with E-state index in [0.29, 0.717) is 27.9 Å². The highest BCUT2D eigenvalue weighted by Crippen LogP contribution is 2.22. The number of fused-ring (bicyclic) bond motifs is 1. The zero-order valence-corrected chi connectivity index (χ0v) is 12.0. The molecule has 2 aromatic carbocycles. The highest BCUT2D eigenvalue weighted by atomic mass is 16.5. The first-order valence-corrected chi connectivity index (χ1v) is 6.86. The topological polar surface area (TPSA) is 80.3 Å². The van der Waals surface area contributed by atoms with Gasteiger partial charge in [-0.05, 0) is 24.3 Å². The molecule has 0 amide bonds. The summed E-state index contributed by atoms with van der Waals surface area (Å²) < 4.78 is 10.5. The van der Waals surface area contributed by atoms with Crippen LogP contribution in [0, 0.1) is 11.3 Å². The molecule has 3 aromatic rings. The molecular weight excluding hydrogens is 294 g/mol. The molecule has 112 valence electrons. The van der Waals surface area contributed by atoms with Gasteiger partial charge in [-0.3, -0.25) is 4.79 Å². The zero-order chi connectivity index (χ0) is 16.2. The lowest BCUT2D eigenvalue weighted by Crippen LogP contribution is -2.05. The van der Waals surface area contributed by atoms with E-state index in [4.69, 9.17) is 14.4 Å². The van der Waals surface area contributed by atoms with Crippen molar-refractivity contribution in [2.45, 2.75) is 0 Å². The molecule has 0 aliphatic heterocycles. The lowest BCUT2D eigenvalue weighted by molar-refractivity contribution is 0.0555. The third-order valence-electron chi connectivity index (χ3n) is 3.31. The molecule has 3 rings (SSSR count). The van der Waals surface area contributed by atoms with Crippen molar-refractivity contribution in [2.75, 3.05) is 6.61 Å². The molecule has 0 saturated heterocycles. The van der Waals surface area contributed by atoms with Gasteiger partial charge in [-0.25, -0.2) is 4.79 Å². The Hall–Kier alpha value is -3.39. The van der Waals surface area contributed by atoms with Crippen molar-refractivity contribution in [3.63, 3.8) is 0 Å². The second-order valence-electron chi connectivity index (χ2n) is 4.78. The van der Waals surface area contributed by atoms with Crippen LogP contribution < -0.4 is 5.43 Å². The van der Waals surface area contributed by atoms with Gasteiger partial charge < -0.3 is 9.15 Å². The van der Waals surface area contributed by atoms with E-state index >= 15 is 0 Å². The van der Waals surface area contributed by atoms with Crippen LogP contribution in [0.5, 0.6) is 0 Å². The Labute approximate surface area is 131 Å². The molecule has 0 bridgehead atoms. The number of carbonyl (C=O) groups is 1. The number of hydrogen-bond donors (Lipinski definition) is 0. The largest absolute Gasteiger partial charge is 0.456 e. The number of nitrogens with zero attached hydrogens (tertiary/aromatic N) is 1. The second-order valence-corrected chi connectivity index (χ2v) is 4.78. The Balaban J connectivity index is 1.95. The standard InChI is InChI=1S/C18H11NO4/c19-9-10-22-18(21)13-7-5-12(6-8-13)17-11-15(20)14-3-1-2-4-16(14)23-17/h1-8,11H,10H2. The summed E-state index contributed by atoms with van der Waals surface area (Å²) in [6.45, 7) is -0.292. The van der Waals surface area contributed by atoms with Crippen molar-refractivity contribution in [1.29, 1.82) is 5.26 Å². The number of hydrogen-bond acceptors (Lipinski definition) is 5.